The standard InChI is InChI=1S/C40H54O10/c1-7-11-13-15-17-19-33(41)29-21-23-35(47-37(43)27(5)9-3)31(25-29)39(45)49-50-40(46)32-26-30(34(42)20-18-16-14-12-8-2)22-24-36(32)48-38(44)28(6)10-4/h21-28H,7-20H2,1-6H3. The maximum atomic E-state index is 13.3. The average molecular weight is 695 g/mol. The molecule has 274 valence electrons. The summed E-state index contributed by atoms with van der Waals surface area (Å²) in [6, 6.07) is 8.13. The summed E-state index contributed by atoms with van der Waals surface area (Å²) in [6.45, 7) is 11.2. The molecule has 0 bridgehead atoms. The van der Waals surface area contributed by atoms with E-state index in [0.717, 1.165) is 51.4 Å². The van der Waals surface area contributed by atoms with Crippen molar-refractivity contribution in [1.82, 2.24) is 0 Å². The van der Waals surface area contributed by atoms with Gasteiger partial charge >= 0.3 is 23.9 Å². The third-order valence-electron chi connectivity index (χ3n) is 8.70. The van der Waals surface area contributed by atoms with Gasteiger partial charge in [-0.05, 0) is 62.1 Å². The summed E-state index contributed by atoms with van der Waals surface area (Å²) in [5, 5.41) is 0. The quantitative estimate of drug-likeness (QED) is 0.0292. The highest BCUT2D eigenvalue weighted by Gasteiger charge is 2.26. The van der Waals surface area contributed by atoms with Crippen LogP contribution in [0.4, 0.5) is 0 Å². The molecular formula is C40H54O10. The lowest BCUT2D eigenvalue weighted by molar-refractivity contribution is -0.187. The molecular weight excluding hydrogens is 640 g/mol. The SMILES string of the molecule is CCCCCCCC(=O)c1ccc(OC(=O)C(C)CC)c(C(=O)OOC(=O)c2cc(C(=O)CCCCCCC)ccc2OC(=O)C(C)CC)c1. The van der Waals surface area contributed by atoms with Crippen molar-refractivity contribution in [2.24, 2.45) is 11.8 Å². The molecule has 0 N–H and O–H groups in total. The van der Waals surface area contributed by atoms with Gasteiger partial charge in [0.05, 0.1) is 11.8 Å². The molecule has 0 aliphatic rings. The Kier molecular flexibility index (Phi) is 18.7. The van der Waals surface area contributed by atoms with Crippen LogP contribution in [0.15, 0.2) is 36.4 Å². The number of hydrogen-bond acceptors (Lipinski definition) is 10. The number of carbonyl (C=O) groups excluding carboxylic acids is 6. The average Bonchev–Trinajstić information content (AvgIpc) is 3.12. The Bertz CT molecular complexity index is 1350. The van der Waals surface area contributed by atoms with Crippen LogP contribution in [0.1, 0.15) is 173 Å². The van der Waals surface area contributed by atoms with Crippen molar-refractivity contribution in [2.75, 3.05) is 0 Å². The minimum Gasteiger partial charge on any atom is -0.425 e. The van der Waals surface area contributed by atoms with Gasteiger partial charge in [0, 0.05) is 24.0 Å². The van der Waals surface area contributed by atoms with Crippen molar-refractivity contribution >= 4 is 35.4 Å². The number of rotatable bonds is 22. The highest BCUT2D eigenvalue weighted by molar-refractivity contribution is 6.02. The lowest BCUT2D eigenvalue weighted by atomic mass is 10.0. The number of esters is 2. The first-order valence-electron chi connectivity index (χ1n) is 18.2. The van der Waals surface area contributed by atoms with Crippen molar-refractivity contribution in [3.05, 3.63) is 58.7 Å². The number of ether oxygens (including phenoxy) is 2. The molecule has 10 heteroatoms. The van der Waals surface area contributed by atoms with Gasteiger partial charge in [0.15, 0.2) is 11.6 Å². The van der Waals surface area contributed by atoms with Crippen LogP contribution in [0.5, 0.6) is 11.5 Å². The third-order valence-corrected chi connectivity index (χ3v) is 8.70. The monoisotopic (exact) mass is 694 g/mol. The molecule has 2 aromatic rings. The minimum atomic E-state index is -1.19. The first-order chi connectivity index (χ1) is 24.0. The van der Waals surface area contributed by atoms with E-state index in [2.05, 4.69) is 13.8 Å². The summed E-state index contributed by atoms with van der Waals surface area (Å²) in [4.78, 5) is 87.7. The van der Waals surface area contributed by atoms with Gasteiger partial charge in [-0.15, -0.1) is 0 Å². The van der Waals surface area contributed by atoms with Gasteiger partial charge in [0.25, 0.3) is 0 Å². The van der Waals surface area contributed by atoms with E-state index in [4.69, 9.17) is 19.2 Å². The molecule has 0 radical (unpaired) electrons. The highest BCUT2D eigenvalue weighted by Crippen LogP contribution is 2.27. The summed E-state index contributed by atoms with van der Waals surface area (Å²) in [5.74, 6) is -5.23. The summed E-state index contributed by atoms with van der Waals surface area (Å²) in [5.41, 5.74) is -0.159. The van der Waals surface area contributed by atoms with E-state index in [0.29, 0.717) is 25.7 Å². The summed E-state index contributed by atoms with van der Waals surface area (Å²) in [7, 11) is 0. The van der Waals surface area contributed by atoms with Gasteiger partial charge in [-0.25, -0.2) is 19.4 Å². The number of ketones is 2. The van der Waals surface area contributed by atoms with Crippen molar-refractivity contribution in [3.8, 4) is 11.5 Å². The van der Waals surface area contributed by atoms with Gasteiger partial charge in [0.2, 0.25) is 0 Å². The number of hydrogen-bond donors (Lipinski definition) is 0. The molecule has 2 rings (SSSR count). The highest BCUT2D eigenvalue weighted by atomic mass is 17.2. The summed E-state index contributed by atoms with van der Waals surface area (Å²) >= 11 is 0. The lowest BCUT2D eigenvalue weighted by Gasteiger charge is -2.14. The predicted molar refractivity (Wildman–Crippen MR) is 189 cm³/mol. The Labute approximate surface area is 296 Å². The number of unbranched alkanes of at least 4 members (excludes halogenated alkanes) is 8. The van der Waals surface area contributed by atoms with E-state index in [1.54, 1.807) is 13.8 Å². The van der Waals surface area contributed by atoms with E-state index in [1.807, 2.05) is 13.8 Å². The van der Waals surface area contributed by atoms with Crippen LogP contribution in [-0.2, 0) is 19.4 Å². The molecule has 0 aromatic heterocycles. The van der Waals surface area contributed by atoms with Crippen LogP contribution < -0.4 is 9.47 Å². The zero-order chi connectivity index (χ0) is 37.1. The second-order valence-electron chi connectivity index (χ2n) is 12.8. The van der Waals surface area contributed by atoms with E-state index in [9.17, 15) is 28.8 Å². The fourth-order valence-electron chi connectivity index (χ4n) is 4.89. The second-order valence-corrected chi connectivity index (χ2v) is 12.8. The smallest absolute Gasteiger partial charge is 0.390 e. The van der Waals surface area contributed by atoms with Crippen molar-refractivity contribution in [1.29, 1.82) is 0 Å². The maximum absolute atomic E-state index is 13.3. The van der Waals surface area contributed by atoms with Crippen LogP contribution in [0, 0.1) is 11.8 Å². The Morgan fingerprint density at radius 3 is 1.22 bits per heavy atom. The van der Waals surface area contributed by atoms with Crippen LogP contribution in [0.2, 0.25) is 0 Å². The van der Waals surface area contributed by atoms with Gasteiger partial charge < -0.3 is 9.47 Å². The second kappa shape index (κ2) is 22.4. The predicted octanol–water partition coefficient (Wildman–Crippen LogP) is 9.60. The van der Waals surface area contributed by atoms with Gasteiger partial charge in [-0.2, -0.15) is 0 Å². The lowest BCUT2D eigenvalue weighted by Crippen LogP contribution is -2.21. The van der Waals surface area contributed by atoms with Crippen LogP contribution >= 0.6 is 0 Å². The Hall–Kier alpha value is -4.34. The molecule has 0 aliphatic heterocycles. The molecule has 2 atom stereocenters. The first-order valence-corrected chi connectivity index (χ1v) is 18.2. The van der Waals surface area contributed by atoms with Crippen molar-refractivity contribution in [3.63, 3.8) is 0 Å². The minimum absolute atomic E-state index is 0.162. The van der Waals surface area contributed by atoms with Crippen molar-refractivity contribution < 1.29 is 48.0 Å². The normalized spacial score (nSPS) is 12.0. The first kappa shape index (κ1) is 41.8. The van der Waals surface area contributed by atoms with Crippen LogP contribution in [0.25, 0.3) is 0 Å². The molecule has 0 fully saturated rings. The van der Waals surface area contributed by atoms with Crippen LogP contribution in [-0.4, -0.2) is 35.4 Å². The molecule has 0 amide bonds. The Balaban J connectivity index is 2.34. The molecule has 2 aromatic carbocycles. The van der Waals surface area contributed by atoms with E-state index in [-0.39, 0.29) is 58.2 Å². The van der Waals surface area contributed by atoms with Crippen molar-refractivity contribution in [2.45, 2.75) is 131 Å². The molecule has 0 spiro atoms. The van der Waals surface area contributed by atoms with E-state index in [1.165, 1.54) is 36.4 Å². The summed E-state index contributed by atoms with van der Waals surface area (Å²) < 4.78 is 11.0. The zero-order valence-electron chi connectivity index (χ0n) is 30.6. The number of benzene rings is 2. The Morgan fingerprint density at radius 2 is 0.880 bits per heavy atom. The maximum Gasteiger partial charge on any atom is 0.390 e. The van der Waals surface area contributed by atoms with Crippen LogP contribution in [0.3, 0.4) is 0 Å². The zero-order valence-corrected chi connectivity index (χ0v) is 30.6. The largest absolute Gasteiger partial charge is 0.425 e. The third kappa shape index (κ3) is 13.5. The molecule has 10 nitrogen and oxygen atoms in total. The molecule has 2 unspecified atom stereocenters. The molecule has 0 heterocycles. The molecule has 0 saturated carbocycles. The molecule has 0 saturated heterocycles. The fourth-order valence-corrected chi connectivity index (χ4v) is 4.89. The van der Waals surface area contributed by atoms with E-state index >= 15 is 0 Å². The van der Waals surface area contributed by atoms with Gasteiger partial charge in [-0.3, -0.25) is 19.2 Å². The fraction of sp³-hybridized carbons (Fsp3) is 0.550. The summed E-state index contributed by atoms with van der Waals surface area (Å²) in [6.07, 6.45) is 11.1. The van der Waals surface area contributed by atoms with Gasteiger partial charge in [0.1, 0.15) is 22.6 Å². The number of carbonyl (C=O) groups is 6. The topological polar surface area (TPSA) is 139 Å². The van der Waals surface area contributed by atoms with Gasteiger partial charge in [-0.1, -0.05) is 92.9 Å². The molecule has 50 heavy (non-hydrogen) atoms. The number of Topliss-reactive ketones (excluding diaryl/α,β-unsaturated/α-hetero) is 2. The van der Waals surface area contributed by atoms with E-state index < -0.39 is 35.7 Å². The Morgan fingerprint density at radius 1 is 0.520 bits per heavy atom. The molecule has 0 aliphatic carbocycles.